The van der Waals surface area contributed by atoms with E-state index < -0.39 is 4.92 Å². The largest absolute Gasteiger partial charge is 0.293 e. The second-order valence-electron chi connectivity index (χ2n) is 3.76. The van der Waals surface area contributed by atoms with Crippen LogP contribution in [0.25, 0.3) is 5.69 Å². The van der Waals surface area contributed by atoms with Crippen LogP contribution in [0.2, 0.25) is 0 Å². The van der Waals surface area contributed by atoms with Crippen molar-refractivity contribution in [2.75, 3.05) is 0 Å². The molecule has 0 radical (unpaired) electrons. The van der Waals surface area contributed by atoms with Gasteiger partial charge in [0.1, 0.15) is 0 Å². The van der Waals surface area contributed by atoms with Crippen LogP contribution in [0.5, 0.6) is 0 Å². The van der Waals surface area contributed by atoms with Crippen molar-refractivity contribution < 1.29 is 9.72 Å². The van der Waals surface area contributed by atoms with Crippen LogP contribution < -0.4 is 0 Å². The lowest BCUT2D eigenvalue weighted by Crippen LogP contribution is -2.01. The number of hydrogen-bond acceptors (Lipinski definition) is 5. The average molecular weight is 246 g/mol. The first-order valence-electron chi connectivity index (χ1n) is 5.19. The van der Waals surface area contributed by atoms with E-state index in [1.807, 2.05) is 0 Å². The number of nitro benzene ring substituents is 1. The van der Waals surface area contributed by atoms with Crippen molar-refractivity contribution in [3.05, 3.63) is 45.8 Å². The number of nitro groups is 1. The van der Waals surface area contributed by atoms with Crippen LogP contribution in [-0.4, -0.2) is 25.7 Å². The van der Waals surface area contributed by atoms with E-state index in [-0.39, 0.29) is 17.2 Å². The molecular formula is C11H10N4O3. The molecular weight excluding hydrogens is 236 g/mol. The van der Waals surface area contributed by atoms with E-state index in [1.165, 1.54) is 23.9 Å². The zero-order chi connectivity index (χ0) is 13.3. The van der Waals surface area contributed by atoms with E-state index in [1.54, 1.807) is 19.1 Å². The third kappa shape index (κ3) is 2.10. The number of ketones is 1. The van der Waals surface area contributed by atoms with Crippen molar-refractivity contribution in [3.63, 3.8) is 0 Å². The number of carbonyl (C=O) groups excluding carboxylic acids is 1. The minimum Gasteiger partial charge on any atom is -0.293 e. The zero-order valence-corrected chi connectivity index (χ0v) is 9.82. The van der Waals surface area contributed by atoms with Gasteiger partial charge in [-0.15, -0.1) is 5.10 Å². The Hall–Kier alpha value is -2.57. The number of rotatable bonds is 3. The van der Waals surface area contributed by atoms with E-state index in [4.69, 9.17) is 0 Å². The van der Waals surface area contributed by atoms with Crippen LogP contribution in [0.15, 0.2) is 24.3 Å². The van der Waals surface area contributed by atoms with Crippen molar-refractivity contribution in [2.45, 2.75) is 13.8 Å². The number of nitrogens with zero attached hydrogens (tertiary/aromatic N) is 4. The van der Waals surface area contributed by atoms with Gasteiger partial charge in [-0.3, -0.25) is 14.9 Å². The highest BCUT2D eigenvalue weighted by molar-refractivity contribution is 5.92. The number of Topliss-reactive ketones (excluding diaryl/α,β-unsaturated/α-hetero) is 1. The summed E-state index contributed by atoms with van der Waals surface area (Å²) < 4.78 is 0. The summed E-state index contributed by atoms with van der Waals surface area (Å²) in [4.78, 5) is 22.7. The van der Waals surface area contributed by atoms with Crippen molar-refractivity contribution >= 4 is 11.5 Å². The molecule has 1 heterocycles. The number of aryl methyl sites for hydroxylation is 1. The predicted molar refractivity (Wildman–Crippen MR) is 62.8 cm³/mol. The molecule has 0 N–H and O–H groups in total. The van der Waals surface area contributed by atoms with Crippen molar-refractivity contribution in [1.29, 1.82) is 0 Å². The molecule has 7 heteroatoms. The predicted octanol–water partition coefficient (Wildman–Crippen LogP) is 1.69. The standard InChI is InChI=1S/C11H10N4O3/c1-7-11(8(2)16)13-14(12-7)9-4-3-5-10(6-9)15(17)18/h3-6H,1-2H3. The highest BCUT2D eigenvalue weighted by Crippen LogP contribution is 2.16. The third-order valence-electron chi connectivity index (χ3n) is 2.39. The second kappa shape index (κ2) is 4.36. The van der Waals surface area contributed by atoms with E-state index >= 15 is 0 Å². The maximum Gasteiger partial charge on any atom is 0.271 e. The topological polar surface area (TPSA) is 90.9 Å². The Kier molecular flexibility index (Phi) is 2.88. The van der Waals surface area contributed by atoms with E-state index in [2.05, 4.69) is 10.2 Å². The molecule has 0 saturated heterocycles. The molecule has 18 heavy (non-hydrogen) atoms. The third-order valence-corrected chi connectivity index (χ3v) is 2.39. The second-order valence-corrected chi connectivity index (χ2v) is 3.76. The van der Waals surface area contributed by atoms with Crippen LogP contribution in [0.1, 0.15) is 23.1 Å². The number of non-ortho nitro benzene ring substituents is 1. The Morgan fingerprint density at radius 3 is 2.67 bits per heavy atom. The average Bonchev–Trinajstić information content (AvgIpc) is 2.71. The number of aromatic nitrogens is 3. The molecule has 2 aromatic rings. The fraction of sp³-hybridized carbons (Fsp3) is 0.182. The Balaban J connectivity index is 2.49. The minimum absolute atomic E-state index is 0.0492. The summed E-state index contributed by atoms with van der Waals surface area (Å²) in [7, 11) is 0. The van der Waals surface area contributed by atoms with Crippen LogP contribution in [0.4, 0.5) is 5.69 Å². The van der Waals surface area contributed by atoms with Gasteiger partial charge in [-0.1, -0.05) is 6.07 Å². The molecule has 0 saturated carbocycles. The monoisotopic (exact) mass is 246 g/mol. The first-order valence-corrected chi connectivity index (χ1v) is 5.19. The van der Waals surface area contributed by atoms with Gasteiger partial charge in [-0.05, 0) is 13.0 Å². The summed E-state index contributed by atoms with van der Waals surface area (Å²) in [6, 6.07) is 5.91. The lowest BCUT2D eigenvalue weighted by Gasteiger charge is -1.98. The molecule has 0 bridgehead atoms. The SMILES string of the molecule is CC(=O)c1nn(-c2cccc([N+](=O)[O-])c2)nc1C. The lowest BCUT2D eigenvalue weighted by atomic mass is 10.3. The molecule has 92 valence electrons. The van der Waals surface area contributed by atoms with Crippen LogP contribution >= 0.6 is 0 Å². The van der Waals surface area contributed by atoms with Crippen LogP contribution in [0, 0.1) is 17.0 Å². The number of benzene rings is 1. The van der Waals surface area contributed by atoms with Gasteiger partial charge in [-0.25, -0.2) is 0 Å². The van der Waals surface area contributed by atoms with Crippen molar-refractivity contribution in [1.82, 2.24) is 15.0 Å². The summed E-state index contributed by atoms with van der Waals surface area (Å²) >= 11 is 0. The molecule has 0 spiro atoms. The highest BCUT2D eigenvalue weighted by Gasteiger charge is 2.14. The normalized spacial score (nSPS) is 10.3. The summed E-state index contributed by atoms with van der Waals surface area (Å²) in [6.45, 7) is 3.06. The molecule has 1 aromatic carbocycles. The maximum absolute atomic E-state index is 11.3. The Bertz CT molecular complexity index is 633. The quantitative estimate of drug-likeness (QED) is 0.467. The fourth-order valence-corrected chi connectivity index (χ4v) is 1.55. The summed E-state index contributed by atoms with van der Waals surface area (Å²) in [5.74, 6) is -0.191. The van der Waals surface area contributed by atoms with Crippen LogP contribution in [-0.2, 0) is 0 Å². The van der Waals surface area contributed by atoms with Gasteiger partial charge in [0, 0.05) is 19.1 Å². The van der Waals surface area contributed by atoms with E-state index in [0.29, 0.717) is 11.4 Å². The van der Waals surface area contributed by atoms with Gasteiger partial charge >= 0.3 is 0 Å². The molecule has 0 unspecified atom stereocenters. The zero-order valence-electron chi connectivity index (χ0n) is 9.82. The maximum atomic E-state index is 11.3. The first kappa shape index (κ1) is 11.9. The molecule has 0 aliphatic carbocycles. The van der Waals surface area contributed by atoms with Gasteiger partial charge in [0.2, 0.25) is 0 Å². The van der Waals surface area contributed by atoms with Gasteiger partial charge in [-0.2, -0.15) is 9.90 Å². The van der Waals surface area contributed by atoms with E-state index in [9.17, 15) is 14.9 Å². The Morgan fingerprint density at radius 2 is 2.11 bits per heavy atom. The number of hydrogen-bond donors (Lipinski definition) is 0. The summed E-state index contributed by atoms with van der Waals surface area (Å²) in [5, 5.41) is 18.7. The lowest BCUT2D eigenvalue weighted by molar-refractivity contribution is -0.384. The molecule has 0 aliphatic rings. The van der Waals surface area contributed by atoms with Gasteiger partial charge in [0.05, 0.1) is 16.3 Å². The highest BCUT2D eigenvalue weighted by atomic mass is 16.6. The molecule has 0 fully saturated rings. The molecule has 0 aliphatic heterocycles. The van der Waals surface area contributed by atoms with Crippen molar-refractivity contribution in [2.24, 2.45) is 0 Å². The van der Waals surface area contributed by atoms with Crippen molar-refractivity contribution in [3.8, 4) is 5.69 Å². The van der Waals surface area contributed by atoms with Gasteiger partial charge in [0.15, 0.2) is 11.5 Å². The Morgan fingerprint density at radius 1 is 1.39 bits per heavy atom. The molecule has 7 nitrogen and oxygen atoms in total. The first-order chi connectivity index (χ1) is 8.49. The molecule has 0 amide bonds. The molecule has 0 atom stereocenters. The number of carbonyl (C=O) groups is 1. The molecule has 2 rings (SSSR count). The van der Waals surface area contributed by atoms with Crippen LogP contribution in [0.3, 0.4) is 0 Å². The summed E-state index contributed by atoms with van der Waals surface area (Å²) in [5.41, 5.74) is 1.15. The van der Waals surface area contributed by atoms with Gasteiger partial charge < -0.3 is 0 Å². The Labute approximate surface area is 102 Å². The van der Waals surface area contributed by atoms with E-state index in [0.717, 1.165) is 0 Å². The smallest absolute Gasteiger partial charge is 0.271 e. The summed E-state index contributed by atoms with van der Waals surface area (Å²) in [6.07, 6.45) is 0. The molecule has 1 aromatic heterocycles. The fourth-order valence-electron chi connectivity index (χ4n) is 1.55. The van der Waals surface area contributed by atoms with Gasteiger partial charge in [0.25, 0.3) is 5.69 Å². The minimum atomic E-state index is -0.494.